The van der Waals surface area contributed by atoms with E-state index in [1.165, 1.54) is 19.2 Å². The number of nitrogens with zero attached hydrogens (tertiary/aromatic N) is 3. The van der Waals surface area contributed by atoms with Crippen LogP contribution in [0, 0.1) is 0 Å². The molecule has 0 aliphatic carbocycles. The quantitative estimate of drug-likeness (QED) is 0.0518. The molecule has 2 aliphatic rings. The molecule has 0 radical (unpaired) electrons. The van der Waals surface area contributed by atoms with Gasteiger partial charge in [-0.05, 0) is 97.1 Å². The molecule has 0 bridgehead atoms. The van der Waals surface area contributed by atoms with Gasteiger partial charge in [-0.2, -0.15) is 5.06 Å². The Morgan fingerprint density at radius 1 is 0.914 bits per heavy atom. The lowest BCUT2D eigenvalue weighted by Gasteiger charge is -2.32. The number of hydrogen-bond acceptors (Lipinski definition) is 9. The van der Waals surface area contributed by atoms with Crippen molar-refractivity contribution >= 4 is 63.3 Å². The van der Waals surface area contributed by atoms with E-state index >= 15 is 0 Å². The Morgan fingerprint density at radius 3 is 2.22 bits per heavy atom. The minimum absolute atomic E-state index is 0.0191. The Morgan fingerprint density at radius 2 is 1.60 bits per heavy atom. The minimum Gasteiger partial charge on any atom is -0.493 e. The second-order valence-corrected chi connectivity index (χ2v) is 14.9. The highest BCUT2D eigenvalue weighted by molar-refractivity contribution is 14.1. The second-order valence-electron chi connectivity index (χ2n) is 13.4. The fraction of sp³-hybridized carbons (Fsp3) is 0.302. The molecule has 4 aromatic carbocycles. The number of benzene rings is 4. The Labute approximate surface area is 356 Å². The summed E-state index contributed by atoms with van der Waals surface area (Å²) in [5, 5.41) is 14.8. The van der Waals surface area contributed by atoms with Crippen molar-refractivity contribution in [2.75, 3.05) is 67.8 Å². The number of carbonyl (C=O) groups is 2. The lowest BCUT2D eigenvalue weighted by Crippen LogP contribution is -2.43. The highest BCUT2D eigenvalue weighted by Gasteiger charge is 2.43. The van der Waals surface area contributed by atoms with Crippen molar-refractivity contribution < 1.29 is 43.2 Å². The number of para-hydroxylation sites is 1. The van der Waals surface area contributed by atoms with Gasteiger partial charge in [-0.1, -0.05) is 64.5 Å². The molecule has 2 N–H and O–H groups in total. The summed E-state index contributed by atoms with van der Waals surface area (Å²) in [7, 11) is 6.22. The van der Waals surface area contributed by atoms with Crippen LogP contribution in [0.2, 0.25) is 5.02 Å². The smallest absolute Gasteiger partial charge is 0.350 e. The van der Waals surface area contributed by atoms with E-state index in [0.29, 0.717) is 64.6 Å². The maximum absolute atomic E-state index is 13.8. The van der Waals surface area contributed by atoms with E-state index < -0.39 is 11.6 Å². The first-order valence-corrected chi connectivity index (χ1v) is 20.5. The number of allylic oxidation sites excluding steroid dienone is 2. The van der Waals surface area contributed by atoms with Gasteiger partial charge in [0, 0.05) is 27.9 Å². The molecule has 1 saturated heterocycles. The number of rotatable bonds is 15. The van der Waals surface area contributed by atoms with Crippen LogP contribution in [0.3, 0.4) is 0 Å². The zero-order valence-corrected chi connectivity index (χ0v) is 35.6. The summed E-state index contributed by atoms with van der Waals surface area (Å²) < 4.78 is 37.0. The maximum Gasteiger partial charge on any atom is 0.350 e. The van der Waals surface area contributed by atoms with Gasteiger partial charge in [-0.3, -0.25) is 15.0 Å². The number of methoxy groups -OCH3 is 4. The van der Waals surface area contributed by atoms with E-state index in [2.05, 4.69) is 27.9 Å². The van der Waals surface area contributed by atoms with Crippen LogP contribution in [-0.4, -0.2) is 74.7 Å². The van der Waals surface area contributed by atoms with Gasteiger partial charge in [0.2, 0.25) is 5.75 Å². The number of hydrogen-bond donors (Lipinski definition) is 2. The summed E-state index contributed by atoms with van der Waals surface area (Å²) in [5.41, 5.74) is 1.90. The number of ether oxygens (including phenoxy) is 6. The van der Waals surface area contributed by atoms with Crippen molar-refractivity contribution in [2.24, 2.45) is 0 Å². The average molecular weight is 925 g/mol. The number of amides is 4. The predicted octanol–water partition coefficient (Wildman–Crippen LogP) is 9.77. The van der Waals surface area contributed by atoms with Crippen LogP contribution in [0.5, 0.6) is 28.7 Å². The molecule has 2 aliphatic heterocycles. The Kier molecular flexibility index (Phi) is 14.3. The Bertz CT molecular complexity index is 2100. The summed E-state index contributed by atoms with van der Waals surface area (Å²) in [6.45, 7) is 0.605. The topological polar surface area (TPSA) is 132 Å². The molecule has 2 unspecified atom stereocenters. The van der Waals surface area contributed by atoms with E-state index in [4.69, 9.17) is 40.0 Å². The number of urea groups is 2. The van der Waals surface area contributed by atoms with Gasteiger partial charge in [0.1, 0.15) is 6.61 Å². The van der Waals surface area contributed by atoms with Crippen LogP contribution >= 0.6 is 34.2 Å². The highest BCUT2D eigenvalue weighted by Crippen LogP contribution is 2.52. The average Bonchev–Trinajstić information content (AvgIpc) is 3.70. The Balaban J connectivity index is 1.35. The van der Waals surface area contributed by atoms with Crippen LogP contribution < -0.4 is 39.0 Å². The first kappa shape index (κ1) is 42.4. The molecule has 1 fully saturated rings. The third-order valence-corrected chi connectivity index (χ3v) is 10.8. The molecule has 13 nitrogen and oxygen atoms in total. The number of carbonyl (C=O) groups excluding carboxylic acids is 2. The molecule has 4 amide bonds. The van der Waals surface area contributed by atoms with Gasteiger partial charge >= 0.3 is 12.1 Å². The second kappa shape index (κ2) is 19.5. The number of alkyl halides is 1. The monoisotopic (exact) mass is 924 g/mol. The normalized spacial score (nSPS) is 17.1. The molecule has 2 heterocycles. The van der Waals surface area contributed by atoms with Crippen LogP contribution in [0.4, 0.5) is 26.7 Å². The van der Waals surface area contributed by atoms with Crippen molar-refractivity contribution in [1.29, 1.82) is 0 Å². The van der Waals surface area contributed by atoms with Crippen molar-refractivity contribution in [3.05, 3.63) is 119 Å². The largest absolute Gasteiger partial charge is 0.493 e. The summed E-state index contributed by atoms with van der Waals surface area (Å²) in [5.74, 6) is 2.04. The van der Waals surface area contributed by atoms with Crippen molar-refractivity contribution in [2.45, 2.75) is 31.0 Å². The van der Waals surface area contributed by atoms with Gasteiger partial charge in [0.15, 0.2) is 23.0 Å². The van der Waals surface area contributed by atoms with E-state index in [1.54, 1.807) is 55.5 Å². The Hall–Kier alpha value is -5.16. The zero-order valence-electron chi connectivity index (χ0n) is 32.7. The SMILES string of the molecule is COc1cc(C2(CCI)CCC(c3cc(OC)c(OC)c(OC)c3)O2)cc(NC(=O)N(O)c2ccc(Cl)cc2)c1OCCN(C(=O)N1C=CC=CC1)c1ccccc1. The lowest BCUT2D eigenvalue weighted by atomic mass is 9.87. The summed E-state index contributed by atoms with van der Waals surface area (Å²) in [4.78, 5) is 30.7. The molecular weight excluding hydrogens is 879 g/mol. The van der Waals surface area contributed by atoms with Gasteiger partial charge in [0.25, 0.3) is 0 Å². The van der Waals surface area contributed by atoms with E-state index in [9.17, 15) is 14.8 Å². The van der Waals surface area contributed by atoms with Gasteiger partial charge in [0.05, 0.1) is 58.1 Å². The minimum atomic E-state index is -0.858. The number of hydroxylamine groups is 1. The van der Waals surface area contributed by atoms with E-state index in [-0.39, 0.29) is 42.4 Å². The molecule has 0 saturated carbocycles. The molecule has 15 heteroatoms. The van der Waals surface area contributed by atoms with Gasteiger partial charge in [-0.15, -0.1) is 0 Å². The molecule has 306 valence electrons. The molecule has 58 heavy (non-hydrogen) atoms. The molecule has 4 aromatic rings. The molecule has 6 rings (SSSR count). The van der Waals surface area contributed by atoms with E-state index in [0.717, 1.165) is 15.6 Å². The summed E-state index contributed by atoms with van der Waals surface area (Å²) >= 11 is 8.40. The lowest BCUT2D eigenvalue weighted by molar-refractivity contribution is -0.0488. The third kappa shape index (κ3) is 9.41. The fourth-order valence-corrected chi connectivity index (χ4v) is 8.04. The maximum atomic E-state index is 13.8. The number of halogens is 2. The molecule has 0 aromatic heterocycles. The fourth-order valence-electron chi connectivity index (χ4n) is 7.04. The molecule has 0 spiro atoms. The van der Waals surface area contributed by atoms with Crippen LogP contribution in [0.15, 0.2) is 103 Å². The van der Waals surface area contributed by atoms with Crippen molar-refractivity contribution in [1.82, 2.24) is 4.90 Å². The van der Waals surface area contributed by atoms with Crippen LogP contribution in [-0.2, 0) is 10.3 Å². The zero-order chi connectivity index (χ0) is 41.2. The third-order valence-electron chi connectivity index (χ3n) is 9.96. The van der Waals surface area contributed by atoms with Gasteiger partial charge < -0.3 is 33.7 Å². The number of nitrogens with one attached hydrogen (secondary N) is 1. The predicted molar refractivity (Wildman–Crippen MR) is 232 cm³/mol. The first-order chi connectivity index (χ1) is 28.1. The van der Waals surface area contributed by atoms with Crippen LogP contribution in [0.25, 0.3) is 0 Å². The molecular formula is C43H46ClIN4O9. The van der Waals surface area contributed by atoms with Crippen molar-refractivity contribution in [3.63, 3.8) is 0 Å². The standard InChI is InChI=1S/C43H46ClIN4O9/c1-53-36-25-29(26-37(54-2)40(36)56-4)35-17-18-43(58-35,19-20-45)30-27-34(46-41(50)49(52)33-15-13-31(44)14-16-33)39(38(28-30)55-3)57-24-23-48(32-11-7-5-8-12-32)42(51)47-21-9-6-10-22-47/h5-16,21,25-28,35,52H,17-20,22-24H2,1-4H3,(H,46,50). The van der Waals surface area contributed by atoms with Crippen LogP contribution in [0.1, 0.15) is 36.5 Å². The van der Waals surface area contributed by atoms with Crippen molar-refractivity contribution in [3.8, 4) is 28.7 Å². The summed E-state index contributed by atoms with van der Waals surface area (Å²) in [6.07, 6.45) is 8.95. The summed E-state index contributed by atoms with van der Waals surface area (Å²) in [6, 6.07) is 21.8. The highest BCUT2D eigenvalue weighted by atomic mass is 127. The molecule has 2 atom stereocenters. The van der Waals surface area contributed by atoms with Gasteiger partial charge in [-0.25, -0.2) is 9.59 Å². The van der Waals surface area contributed by atoms with E-state index in [1.807, 2.05) is 66.8 Å². The first-order valence-electron chi connectivity index (χ1n) is 18.6. The number of anilines is 3.